The van der Waals surface area contributed by atoms with Crippen LogP contribution >= 0.6 is 11.3 Å². The lowest BCUT2D eigenvalue weighted by molar-refractivity contribution is 0.753. The van der Waals surface area contributed by atoms with Gasteiger partial charge in [0.05, 0.1) is 17.3 Å². The number of nitrogen functional groups attached to an aromatic ring is 1. The Bertz CT molecular complexity index is 569. The first-order valence-corrected chi connectivity index (χ1v) is 6.57. The van der Waals surface area contributed by atoms with Crippen LogP contribution in [0.3, 0.4) is 0 Å². The molecule has 0 aliphatic heterocycles. The van der Waals surface area contributed by atoms with Crippen molar-refractivity contribution in [3.05, 3.63) is 46.2 Å². The Balaban J connectivity index is 2.34. The zero-order valence-corrected chi connectivity index (χ0v) is 11.2. The second-order valence-electron chi connectivity index (χ2n) is 4.19. The third-order valence-corrected chi connectivity index (χ3v) is 4.10. The van der Waals surface area contributed by atoms with Gasteiger partial charge >= 0.3 is 0 Å². The molecular formula is C14H15N3S. The molecule has 0 aliphatic rings. The van der Waals surface area contributed by atoms with Crippen LogP contribution in [0, 0.1) is 11.3 Å². The maximum atomic E-state index is 9.17. The fourth-order valence-electron chi connectivity index (χ4n) is 1.88. The smallest absolute Gasteiger partial charge is 0.101 e. The molecule has 2 rings (SSSR count). The van der Waals surface area contributed by atoms with E-state index in [2.05, 4.69) is 29.3 Å². The van der Waals surface area contributed by atoms with Crippen LogP contribution in [0.2, 0.25) is 0 Å². The predicted molar refractivity (Wildman–Crippen MR) is 76.7 cm³/mol. The number of thiophene rings is 1. The van der Waals surface area contributed by atoms with Gasteiger partial charge in [-0.3, -0.25) is 0 Å². The van der Waals surface area contributed by atoms with E-state index in [9.17, 15) is 5.26 Å². The number of anilines is 2. The average molecular weight is 257 g/mol. The normalized spacial score (nSPS) is 11.8. The maximum Gasteiger partial charge on any atom is 0.101 e. The summed E-state index contributed by atoms with van der Waals surface area (Å²) in [6, 6.07) is 12.0. The van der Waals surface area contributed by atoms with Crippen molar-refractivity contribution in [1.29, 1.82) is 5.26 Å². The summed E-state index contributed by atoms with van der Waals surface area (Å²) < 4.78 is 0. The van der Waals surface area contributed by atoms with Crippen LogP contribution in [0.5, 0.6) is 0 Å². The van der Waals surface area contributed by atoms with Crippen molar-refractivity contribution in [2.24, 2.45) is 0 Å². The van der Waals surface area contributed by atoms with Gasteiger partial charge in [0, 0.05) is 17.6 Å². The molecule has 1 heterocycles. The largest absolute Gasteiger partial charge is 0.399 e. The van der Waals surface area contributed by atoms with Crippen molar-refractivity contribution in [3.8, 4) is 6.07 Å². The standard InChI is InChI=1S/C14H15N3S/c1-10(14-4-3-7-18-14)17(2)13-6-5-12(16)8-11(13)9-15/h3-8,10H,16H2,1-2H3. The molecule has 0 bridgehead atoms. The quantitative estimate of drug-likeness (QED) is 0.857. The molecule has 2 N–H and O–H groups in total. The Kier molecular flexibility index (Phi) is 3.54. The van der Waals surface area contributed by atoms with Gasteiger partial charge in [0.2, 0.25) is 0 Å². The van der Waals surface area contributed by atoms with Crippen LogP contribution in [0.1, 0.15) is 23.4 Å². The summed E-state index contributed by atoms with van der Waals surface area (Å²) in [5, 5.41) is 11.2. The van der Waals surface area contributed by atoms with Gasteiger partial charge < -0.3 is 10.6 Å². The van der Waals surface area contributed by atoms with E-state index in [1.165, 1.54) is 4.88 Å². The Morgan fingerprint density at radius 3 is 2.78 bits per heavy atom. The summed E-state index contributed by atoms with van der Waals surface area (Å²) in [6.07, 6.45) is 0. The minimum atomic E-state index is 0.237. The number of rotatable bonds is 3. The van der Waals surface area contributed by atoms with Crippen molar-refractivity contribution in [1.82, 2.24) is 0 Å². The van der Waals surface area contributed by atoms with Gasteiger partial charge in [-0.25, -0.2) is 0 Å². The first-order chi connectivity index (χ1) is 8.63. The lowest BCUT2D eigenvalue weighted by Crippen LogP contribution is -2.21. The molecule has 1 unspecified atom stereocenters. The summed E-state index contributed by atoms with van der Waals surface area (Å²) in [5.41, 5.74) is 7.85. The van der Waals surface area contributed by atoms with Crippen LogP contribution in [-0.4, -0.2) is 7.05 Å². The molecule has 0 amide bonds. The molecule has 0 spiro atoms. The monoisotopic (exact) mass is 257 g/mol. The Morgan fingerprint density at radius 2 is 2.17 bits per heavy atom. The third-order valence-electron chi connectivity index (χ3n) is 3.06. The van der Waals surface area contributed by atoms with E-state index in [0.717, 1.165) is 5.69 Å². The minimum Gasteiger partial charge on any atom is -0.399 e. The highest BCUT2D eigenvalue weighted by Gasteiger charge is 2.16. The van der Waals surface area contributed by atoms with Gasteiger partial charge in [0.15, 0.2) is 0 Å². The van der Waals surface area contributed by atoms with Crippen molar-refractivity contribution in [2.45, 2.75) is 13.0 Å². The zero-order valence-electron chi connectivity index (χ0n) is 10.4. The highest BCUT2D eigenvalue weighted by molar-refractivity contribution is 7.10. The van der Waals surface area contributed by atoms with Gasteiger partial charge in [0.25, 0.3) is 0 Å². The van der Waals surface area contributed by atoms with Crippen molar-refractivity contribution in [3.63, 3.8) is 0 Å². The number of benzene rings is 1. The average Bonchev–Trinajstić information content (AvgIpc) is 2.90. The van der Waals surface area contributed by atoms with E-state index in [-0.39, 0.29) is 6.04 Å². The SMILES string of the molecule is CC(c1cccs1)N(C)c1ccc(N)cc1C#N. The molecular weight excluding hydrogens is 242 g/mol. The number of nitriles is 1. The first-order valence-electron chi connectivity index (χ1n) is 5.69. The molecule has 0 fully saturated rings. The molecule has 0 saturated carbocycles. The van der Waals surface area contributed by atoms with Gasteiger partial charge in [0.1, 0.15) is 6.07 Å². The van der Waals surface area contributed by atoms with Crippen LogP contribution < -0.4 is 10.6 Å². The van der Waals surface area contributed by atoms with Crippen molar-refractivity contribution in [2.75, 3.05) is 17.7 Å². The summed E-state index contributed by atoms with van der Waals surface area (Å²) >= 11 is 1.72. The van der Waals surface area contributed by atoms with E-state index in [4.69, 9.17) is 5.73 Å². The van der Waals surface area contributed by atoms with Crippen LogP contribution in [-0.2, 0) is 0 Å². The fourth-order valence-corrected chi connectivity index (χ4v) is 2.71. The number of hydrogen-bond donors (Lipinski definition) is 1. The topological polar surface area (TPSA) is 53.0 Å². The molecule has 18 heavy (non-hydrogen) atoms. The Hall–Kier alpha value is -1.99. The van der Waals surface area contributed by atoms with Crippen molar-refractivity contribution >= 4 is 22.7 Å². The van der Waals surface area contributed by atoms with Gasteiger partial charge in [-0.2, -0.15) is 5.26 Å². The van der Waals surface area contributed by atoms with Gasteiger partial charge in [-0.05, 0) is 36.6 Å². The molecule has 0 saturated heterocycles. The van der Waals surface area contributed by atoms with E-state index >= 15 is 0 Å². The van der Waals surface area contributed by atoms with Crippen molar-refractivity contribution < 1.29 is 0 Å². The number of nitrogens with zero attached hydrogens (tertiary/aromatic N) is 2. The van der Waals surface area contributed by atoms with E-state index < -0.39 is 0 Å². The molecule has 0 radical (unpaired) electrons. The maximum absolute atomic E-state index is 9.17. The lowest BCUT2D eigenvalue weighted by Gasteiger charge is -2.27. The van der Waals surface area contributed by atoms with Gasteiger partial charge in [-0.1, -0.05) is 6.07 Å². The van der Waals surface area contributed by atoms with E-state index in [1.807, 2.05) is 25.2 Å². The fraction of sp³-hybridized carbons (Fsp3) is 0.214. The predicted octanol–water partition coefficient (Wildman–Crippen LogP) is 3.40. The molecule has 2 aromatic rings. The van der Waals surface area contributed by atoms with E-state index in [1.54, 1.807) is 17.4 Å². The molecule has 1 atom stereocenters. The summed E-state index contributed by atoms with van der Waals surface area (Å²) in [5.74, 6) is 0. The molecule has 0 aliphatic carbocycles. The number of hydrogen-bond acceptors (Lipinski definition) is 4. The molecule has 1 aromatic heterocycles. The summed E-state index contributed by atoms with van der Waals surface area (Å²) in [7, 11) is 2.00. The highest BCUT2D eigenvalue weighted by atomic mass is 32.1. The summed E-state index contributed by atoms with van der Waals surface area (Å²) in [6.45, 7) is 2.13. The Labute approximate surface area is 111 Å². The van der Waals surface area contributed by atoms with E-state index in [0.29, 0.717) is 11.3 Å². The highest BCUT2D eigenvalue weighted by Crippen LogP contribution is 2.30. The second-order valence-corrected chi connectivity index (χ2v) is 5.17. The minimum absolute atomic E-state index is 0.237. The van der Waals surface area contributed by atoms with Crippen LogP contribution in [0.15, 0.2) is 35.7 Å². The zero-order chi connectivity index (χ0) is 13.1. The Morgan fingerprint density at radius 1 is 1.39 bits per heavy atom. The first kappa shape index (κ1) is 12.5. The third kappa shape index (κ3) is 2.31. The number of nitrogens with two attached hydrogens (primary N) is 1. The van der Waals surface area contributed by atoms with Crippen LogP contribution in [0.25, 0.3) is 0 Å². The van der Waals surface area contributed by atoms with Crippen LogP contribution in [0.4, 0.5) is 11.4 Å². The van der Waals surface area contributed by atoms with Gasteiger partial charge in [-0.15, -0.1) is 11.3 Å². The molecule has 3 nitrogen and oxygen atoms in total. The molecule has 1 aromatic carbocycles. The summed E-state index contributed by atoms with van der Waals surface area (Å²) in [4.78, 5) is 3.38. The molecule has 4 heteroatoms. The molecule has 92 valence electrons. The second kappa shape index (κ2) is 5.11. The lowest BCUT2D eigenvalue weighted by atomic mass is 10.1.